The van der Waals surface area contributed by atoms with Crippen LogP contribution in [-0.4, -0.2) is 0 Å². The van der Waals surface area contributed by atoms with E-state index in [1.54, 1.807) is 0 Å². The lowest BCUT2D eigenvalue weighted by Gasteiger charge is -1.99. The Hall–Kier alpha value is -1.56. The number of hydrogen-bond donors (Lipinski definition) is 0. The highest BCUT2D eigenvalue weighted by Gasteiger charge is 2.10. The summed E-state index contributed by atoms with van der Waals surface area (Å²) in [6.45, 7) is 5.89. The normalized spacial score (nSPS) is 20.9. The van der Waals surface area contributed by atoms with Crippen molar-refractivity contribution in [2.75, 3.05) is 0 Å². The number of hydrogen-bond acceptors (Lipinski definition) is 0. The van der Waals surface area contributed by atoms with E-state index in [4.69, 9.17) is 0 Å². The maximum absolute atomic E-state index is 3.74. The molecule has 0 heterocycles. The molecule has 0 radical (unpaired) electrons. The minimum absolute atomic E-state index is 0. The molecule has 0 aromatic heterocycles. The van der Waals surface area contributed by atoms with Crippen LogP contribution in [0.2, 0.25) is 0 Å². The van der Waals surface area contributed by atoms with Crippen LogP contribution >= 0.6 is 0 Å². The van der Waals surface area contributed by atoms with Gasteiger partial charge in [0.2, 0.25) is 0 Å². The molecular weight excluding hydrogens is 180 g/mol. The summed E-state index contributed by atoms with van der Waals surface area (Å²) in [5.41, 5.74) is 5.36. The van der Waals surface area contributed by atoms with Crippen molar-refractivity contribution >= 4 is 0 Å². The van der Waals surface area contributed by atoms with Crippen LogP contribution < -0.4 is 0 Å². The Labute approximate surface area is 92.7 Å². The lowest BCUT2D eigenvalue weighted by atomic mass is 10.1. The maximum Gasteiger partial charge on any atom is -0.00856 e. The molecule has 0 aromatic rings. The summed E-state index contributed by atoms with van der Waals surface area (Å²) in [6.07, 6.45) is 15.9. The third kappa shape index (κ3) is 2.27. The highest BCUT2D eigenvalue weighted by atomic mass is 14.1. The number of fused-ring (bicyclic) bond motifs is 1. The second kappa shape index (κ2) is 4.79. The molecule has 0 saturated heterocycles. The first-order valence-electron chi connectivity index (χ1n) is 4.90. The molecule has 0 saturated carbocycles. The second-order valence-electron chi connectivity index (χ2n) is 3.60. The van der Waals surface area contributed by atoms with Crippen molar-refractivity contribution in [3.8, 4) is 0 Å². The van der Waals surface area contributed by atoms with Gasteiger partial charge in [-0.05, 0) is 41.7 Å². The van der Waals surface area contributed by atoms with Crippen molar-refractivity contribution in [2.45, 2.75) is 20.8 Å². The van der Waals surface area contributed by atoms with Crippen molar-refractivity contribution in [1.29, 1.82) is 0 Å². The van der Waals surface area contributed by atoms with Crippen LogP contribution in [0.15, 0.2) is 71.4 Å². The van der Waals surface area contributed by atoms with Gasteiger partial charge >= 0.3 is 0 Å². The first kappa shape index (κ1) is 11.5. The van der Waals surface area contributed by atoms with Crippen LogP contribution in [0, 0.1) is 0 Å². The van der Waals surface area contributed by atoms with Gasteiger partial charge in [0.25, 0.3) is 0 Å². The summed E-state index contributed by atoms with van der Waals surface area (Å²) in [7, 11) is 0. The van der Waals surface area contributed by atoms with Gasteiger partial charge in [-0.25, -0.2) is 0 Å². The zero-order chi connectivity index (χ0) is 9.97. The first-order valence-corrected chi connectivity index (χ1v) is 4.90. The zero-order valence-electron chi connectivity index (χ0n) is 8.46. The molecule has 0 spiro atoms. The van der Waals surface area contributed by atoms with Crippen LogP contribution in [0.4, 0.5) is 0 Å². The topological polar surface area (TPSA) is 0 Å². The second-order valence-corrected chi connectivity index (χ2v) is 3.60. The monoisotopic (exact) mass is 198 g/mol. The van der Waals surface area contributed by atoms with E-state index in [1.807, 2.05) is 6.08 Å². The van der Waals surface area contributed by atoms with E-state index in [9.17, 15) is 0 Å². The maximum atomic E-state index is 3.74. The van der Waals surface area contributed by atoms with Crippen molar-refractivity contribution < 1.29 is 0 Å². The van der Waals surface area contributed by atoms with Crippen LogP contribution in [0.5, 0.6) is 0 Å². The van der Waals surface area contributed by atoms with Gasteiger partial charge in [0.15, 0.2) is 0 Å². The van der Waals surface area contributed by atoms with Gasteiger partial charge in [-0.15, -0.1) is 0 Å². The van der Waals surface area contributed by atoms with Gasteiger partial charge in [0.1, 0.15) is 0 Å². The summed E-state index contributed by atoms with van der Waals surface area (Å²) in [4.78, 5) is 0. The van der Waals surface area contributed by atoms with E-state index in [2.05, 4.69) is 50.0 Å². The van der Waals surface area contributed by atoms with Crippen LogP contribution in [0.1, 0.15) is 20.8 Å². The van der Waals surface area contributed by atoms with Gasteiger partial charge in [0.05, 0.1) is 0 Å². The fourth-order valence-electron chi connectivity index (χ4n) is 1.77. The molecule has 2 aliphatic carbocycles. The van der Waals surface area contributed by atoms with Crippen molar-refractivity contribution in [3.05, 3.63) is 71.4 Å². The minimum atomic E-state index is 0. The number of rotatable bonds is 1. The van der Waals surface area contributed by atoms with E-state index < -0.39 is 0 Å². The smallest absolute Gasteiger partial charge is 0.00856 e. The van der Waals surface area contributed by atoms with Crippen LogP contribution in [-0.2, 0) is 0 Å². The molecular formula is C15H18. The van der Waals surface area contributed by atoms with E-state index in [-0.39, 0.29) is 7.43 Å². The predicted molar refractivity (Wildman–Crippen MR) is 68.7 cm³/mol. The van der Waals surface area contributed by atoms with E-state index in [1.165, 1.54) is 22.3 Å². The average molecular weight is 198 g/mol. The van der Waals surface area contributed by atoms with Gasteiger partial charge in [-0.3, -0.25) is 0 Å². The summed E-state index contributed by atoms with van der Waals surface area (Å²) >= 11 is 0. The standard InChI is InChI=1S/C14H14.CH4/c1-3-5-13-10-14-7-4-6-12(14)9-8-11(13)2;/h3-8,10H,1,9H2,2H3;1H4/b13-5-;. The zero-order valence-corrected chi connectivity index (χ0v) is 8.46. The fraction of sp³-hybridized carbons (Fsp3) is 0.200. The van der Waals surface area contributed by atoms with Crippen molar-refractivity contribution in [1.82, 2.24) is 0 Å². The molecule has 0 fully saturated rings. The lowest BCUT2D eigenvalue weighted by Crippen LogP contribution is -1.80. The third-order valence-corrected chi connectivity index (χ3v) is 2.64. The molecule has 0 unspecified atom stereocenters. The molecule has 0 nitrogen and oxygen atoms in total. The Morgan fingerprint density at radius 1 is 1.40 bits per heavy atom. The quantitative estimate of drug-likeness (QED) is 0.581. The molecule has 0 bridgehead atoms. The summed E-state index contributed by atoms with van der Waals surface area (Å²) in [6, 6.07) is 0. The Bertz CT molecular complexity index is 409. The fourth-order valence-corrected chi connectivity index (χ4v) is 1.77. The van der Waals surface area contributed by atoms with Crippen molar-refractivity contribution in [2.24, 2.45) is 0 Å². The molecule has 2 aliphatic rings. The van der Waals surface area contributed by atoms with Crippen LogP contribution in [0.3, 0.4) is 0 Å². The van der Waals surface area contributed by atoms with E-state index in [0.717, 1.165) is 6.42 Å². The molecule has 0 N–H and O–H groups in total. The average Bonchev–Trinajstić information content (AvgIpc) is 2.56. The molecule has 0 atom stereocenters. The summed E-state index contributed by atoms with van der Waals surface area (Å²) in [5, 5.41) is 0. The minimum Gasteiger partial charge on any atom is -0.0990 e. The molecule has 0 aromatic carbocycles. The highest BCUT2D eigenvalue weighted by molar-refractivity contribution is 5.57. The largest absolute Gasteiger partial charge is 0.0990 e. The van der Waals surface area contributed by atoms with Crippen molar-refractivity contribution in [3.63, 3.8) is 0 Å². The Balaban J connectivity index is 0.00000112. The van der Waals surface area contributed by atoms with Gasteiger partial charge < -0.3 is 0 Å². The number of allylic oxidation sites excluding steroid dienone is 11. The molecule has 0 heteroatoms. The first-order chi connectivity index (χ1) is 6.81. The lowest BCUT2D eigenvalue weighted by molar-refractivity contribution is 1.25. The molecule has 15 heavy (non-hydrogen) atoms. The Morgan fingerprint density at radius 2 is 2.20 bits per heavy atom. The SMILES string of the molecule is C.C=C/C=C1/C=C2C=CC=C2CC=C1C. The Kier molecular flexibility index (Phi) is 3.68. The molecule has 0 amide bonds. The highest BCUT2D eigenvalue weighted by Crippen LogP contribution is 2.29. The van der Waals surface area contributed by atoms with Crippen LogP contribution in [0.25, 0.3) is 0 Å². The van der Waals surface area contributed by atoms with Gasteiger partial charge in [0, 0.05) is 0 Å². The van der Waals surface area contributed by atoms with Gasteiger partial charge in [-0.1, -0.05) is 50.5 Å². The van der Waals surface area contributed by atoms with Gasteiger partial charge in [-0.2, -0.15) is 0 Å². The Morgan fingerprint density at radius 3 is 2.93 bits per heavy atom. The molecule has 0 aliphatic heterocycles. The van der Waals surface area contributed by atoms with E-state index in [0.29, 0.717) is 0 Å². The third-order valence-electron chi connectivity index (χ3n) is 2.64. The molecule has 78 valence electrons. The summed E-state index contributed by atoms with van der Waals surface area (Å²) in [5.74, 6) is 0. The predicted octanol–water partition coefficient (Wildman–Crippen LogP) is 4.51. The summed E-state index contributed by atoms with van der Waals surface area (Å²) < 4.78 is 0. The molecule has 2 rings (SSSR count). The van der Waals surface area contributed by atoms with E-state index >= 15 is 0 Å².